The average molecular weight is 208 g/mol. The molecule has 1 heteroatoms. The van der Waals surface area contributed by atoms with Crippen LogP contribution < -0.4 is 0 Å². The van der Waals surface area contributed by atoms with E-state index in [2.05, 4.69) is 58.9 Å². The second kappa shape index (κ2) is 4.39. The minimum Gasteiger partial charge on any atom is -0.123 e. The van der Waals surface area contributed by atoms with Gasteiger partial charge in [0.1, 0.15) is 0 Å². The summed E-state index contributed by atoms with van der Waals surface area (Å²) in [5, 5.41) is 0.662. The van der Waals surface area contributed by atoms with E-state index in [9.17, 15) is 0 Å². The minimum absolute atomic E-state index is 0.265. The fourth-order valence-electron chi connectivity index (χ4n) is 1.31. The van der Waals surface area contributed by atoms with E-state index in [0.717, 1.165) is 0 Å². The average Bonchev–Trinajstić information content (AvgIpc) is 2.02. The van der Waals surface area contributed by atoms with E-state index in [4.69, 9.17) is 0 Å². The lowest BCUT2D eigenvalue weighted by Crippen LogP contribution is -2.10. The Hall–Kier alpha value is -0.430. The van der Waals surface area contributed by atoms with E-state index < -0.39 is 0 Å². The Labute approximate surface area is 92.1 Å². The Morgan fingerprint density at radius 1 is 1.00 bits per heavy atom. The summed E-state index contributed by atoms with van der Waals surface area (Å²) in [6.07, 6.45) is 0. The molecule has 0 aliphatic rings. The SMILES string of the molecule is CC(C)Sc1ccc(C(C)(C)C)cc1. The Balaban J connectivity index is 2.79. The van der Waals surface area contributed by atoms with Crippen molar-refractivity contribution in [1.82, 2.24) is 0 Å². The monoisotopic (exact) mass is 208 g/mol. The van der Waals surface area contributed by atoms with Gasteiger partial charge in [0.25, 0.3) is 0 Å². The standard InChI is InChI=1S/C13H20S/c1-10(2)14-12-8-6-11(7-9-12)13(3,4)5/h6-10H,1-5H3. The largest absolute Gasteiger partial charge is 0.123 e. The summed E-state index contributed by atoms with van der Waals surface area (Å²) in [6, 6.07) is 8.94. The molecule has 0 aliphatic carbocycles. The molecule has 0 atom stereocenters. The third kappa shape index (κ3) is 3.38. The zero-order valence-corrected chi connectivity index (χ0v) is 10.6. The molecule has 0 saturated carbocycles. The summed E-state index contributed by atoms with van der Waals surface area (Å²) in [4.78, 5) is 1.37. The van der Waals surface area contributed by atoms with Gasteiger partial charge in [0.2, 0.25) is 0 Å². The highest BCUT2D eigenvalue weighted by atomic mass is 32.2. The van der Waals surface area contributed by atoms with E-state index in [-0.39, 0.29) is 5.41 Å². The lowest BCUT2D eigenvalue weighted by molar-refractivity contribution is 0.590. The number of rotatable bonds is 2. The van der Waals surface area contributed by atoms with Crippen molar-refractivity contribution in [1.29, 1.82) is 0 Å². The molecule has 14 heavy (non-hydrogen) atoms. The van der Waals surface area contributed by atoms with E-state index in [1.807, 2.05) is 11.8 Å². The summed E-state index contributed by atoms with van der Waals surface area (Å²) < 4.78 is 0. The van der Waals surface area contributed by atoms with E-state index in [1.165, 1.54) is 10.5 Å². The maximum Gasteiger partial charge on any atom is 0.00747 e. The smallest absolute Gasteiger partial charge is 0.00747 e. The highest BCUT2D eigenvalue weighted by Gasteiger charge is 2.12. The Bertz CT molecular complexity index is 277. The van der Waals surface area contributed by atoms with Crippen molar-refractivity contribution in [2.75, 3.05) is 0 Å². The summed E-state index contributed by atoms with van der Waals surface area (Å²) in [7, 11) is 0. The number of thioether (sulfide) groups is 1. The maximum absolute atomic E-state index is 2.25. The van der Waals surface area contributed by atoms with Crippen LogP contribution in [-0.4, -0.2) is 5.25 Å². The summed E-state index contributed by atoms with van der Waals surface area (Å²) >= 11 is 1.92. The molecule has 1 rings (SSSR count). The van der Waals surface area contributed by atoms with Crippen LogP contribution in [0.3, 0.4) is 0 Å². The minimum atomic E-state index is 0.265. The van der Waals surface area contributed by atoms with Crippen LogP contribution in [0.25, 0.3) is 0 Å². The van der Waals surface area contributed by atoms with Crippen molar-refractivity contribution >= 4 is 11.8 Å². The fourth-order valence-corrected chi connectivity index (χ4v) is 2.14. The third-order valence-electron chi connectivity index (χ3n) is 2.09. The van der Waals surface area contributed by atoms with Gasteiger partial charge in [0, 0.05) is 10.1 Å². The first kappa shape index (κ1) is 11.6. The van der Waals surface area contributed by atoms with Crippen LogP contribution in [-0.2, 0) is 5.41 Å². The van der Waals surface area contributed by atoms with Crippen LogP contribution in [0, 0.1) is 0 Å². The second-order valence-corrected chi connectivity index (χ2v) is 6.59. The van der Waals surface area contributed by atoms with Gasteiger partial charge in [-0.2, -0.15) is 0 Å². The predicted octanol–water partition coefficient (Wildman–Crippen LogP) is 4.48. The summed E-state index contributed by atoms with van der Waals surface area (Å²) in [6.45, 7) is 11.2. The van der Waals surface area contributed by atoms with Gasteiger partial charge in [-0.1, -0.05) is 46.8 Å². The van der Waals surface area contributed by atoms with Crippen LogP contribution in [0.4, 0.5) is 0 Å². The molecule has 1 aromatic carbocycles. The van der Waals surface area contributed by atoms with Crippen LogP contribution >= 0.6 is 11.8 Å². The topological polar surface area (TPSA) is 0 Å². The number of benzene rings is 1. The van der Waals surface area contributed by atoms with Gasteiger partial charge in [-0.15, -0.1) is 11.8 Å². The Morgan fingerprint density at radius 2 is 1.50 bits per heavy atom. The van der Waals surface area contributed by atoms with Crippen molar-refractivity contribution in [3.63, 3.8) is 0 Å². The molecule has 78 valence electrons. The zero-order valence-electron chi connectivity index (χ0n) is 9.79. The van der Waals surface area contributed by atoms with Crippen molar-refractivity contribution in [2.24, 2.45) is 0 Å². The van der Waals surface area contributed by atoms with Gasteiger partial charge in [-0.05, 0) is 23.1 Å². The quantitative estimate of drug-likeness (QED) is 0.645. The van der Waals surface area contributed by atoms with Gasteiger partial charge in [0.05, 0.1) is 0 Å². The van der Waals surface area contributed by atoms with E-state index in [1.54, 1.807) is 0 Å². The number of hydrogen-bond acceptors (Lipinski definition) is 1. The lowest BCUT2D eigenvalue weighted by Gasteiger charge is -2.19. The Morgan fingerprint density at radius 3 is 1.86 bits per heavy atom. The van der Waals surface area contributed by atoms with Crippen molar-refractivity contribution < 1.29 is 0 Å². The van der Waals surface area contributed by atoms with Crippen LogP contribution in [0.1, 0.15) is 40.2 Å². The molecule has 0 N–H and O–H groups in total. The van der Waals surface area contributed by atoms with Crippen LogP contribution in [0.5, 0.6) is 0 Å². The molecule has 0 spiro atoms. The van der Waals surface area contributed by atoms with E-state index in [0.29, 0.717) is 5.25 Å². The van der Waals surface area contributed by atoms with Gasteiger partial charge in [-0.25, -0.2) is 0 Å². The first-order valence-corrected chi connectivity index (χ1v) is 6.05. The second-order valence-electron chi connectivity index (χ2n) is 4.94. The lowest BCUT2D eigenvalue weighted by atomic mass is 9.87. The molecule has 0 bridgehead atoms. The number of hydrogen-bond donors (Lipinski definition) is 0. The molecule has 0 nitrogen and oxygen atoms in total. The van der Waals surface area contributed by atoms with Gasteiger partial charge < -0.3 is 0 Å². The van der Waals surface area contributed by atoms with Crippen molar-refractivity contribution in [3.05, 3.63) is 29.8 Å². The predicted molar refractivity (Wildman–Crippen MR) is 66.1 cm³/mol. The van der Waals surface area contributed by atoms with Gasteiger partial charge in [0.15, 0.2) is 0 Å². The Kier molecular flexibility index (Phi) is 3.65. The van der Waals surface area contributed by atoms with Crippen LogP contribution in [0.2, 0.25) is 0 Å². The molecule has 0 unspecified atom stereocenters. The normalized spacial score (nSPS) is 12.1. The summed E-state index contributed by atoms with van der Waals surface area (Å²) in [5.41, 5.74) is 1.67. The molecule has 1 aromatic rings. The fraction of sp³-hybridized carbons (Fsp3) is 0.538. The first-order valence-electron chi connectivity index (χ1n) is 5.17. The van der Waals surface area contributed by atoms with Crippen molar-refractivity contribution in [2.45, 2.75) is 50.2 Å². The molecule has 0 aliphatic heterocycles. The summed E-state index contributed by atoms with van der Waals surface area (Å²) in [5.74, 6) is 0. The first-order chi connectivity index (χ1) is 6.39. The molecular formula is C13H20S. The van der Waals surface area contributed by atoms with Gasteiger partial charge in [-0.3, -0.25) is 0 Å². The van der Waals surface area contributed by atoms with Gasteiger partial charge >= 0.3 is 0 Å². The highest BCUT2D eigenvalue weighted by Crippen LogP contribution is 2.27. The molecule has 0 aromatic heterocycles. The molecule has 0 fully saturated rings. The maximum atomic E-state index is 2.25. The van der Waals surface area contributed by atoms with E-state index >= 15 is 0 Å². The highest BCUT2D eigenvalue weighted by molar-refractivity contribution is 7.99. The zero-order chi connectivity index (χ0) is 10.8. The molecule has 0 saturated heterocycles. The molecular weight excluding hydrogens is 188 g/mol. The molecule has 0 heterocycles. The molecule has 0 amide bonds. The van der Waals surface area contributed by atoms with Crippen molar-refractivity contribution in [3.8, 4) is 0 Å². The van der Waals surface area contributed by atoms with Crippen LogP contribution in [0.15, 0.2) is 29.2 Å². The molecule has 0 radical (unpaired) electrons. The third-order valence-corrected chi connectivity index (χ3v) is 3.11.